The molecule has 0 bridgehead atoms. The highest BCUT2D eigenvalue weighted by atomic mass is 16.6. The zero-order valence-corrected chi connectivity index (χ0v) is 14.0. The quantitative estimate of drug-likeness (QED) is 0.685. The summed E-state index contributed by atoms with van der Waals surface area (Å²) in [7, 11) is 0. The average molecular weight is 340 g/mol. The maximum absolute atomic E-state index is 12.8. The molecule has 0 aliphatic carbocycles. The van der Waals surface area contributed by atoms with Gasteiger partial charge >= 0.3 is 0 Å². The largest absolute Gasteiger partial charge is 0.394 e. The molecule has 1 N–H and O–H groups in total. The number of rotatable bonds is 4. The van der Waals surface area contributed by atoms with Crippen molar-refractivity contribution in [1.29, 1.82) is 0 Å². The van der Waals surface area contributed by atoms with Crippen LogP contribution in [0.4, 0.5) is 5.69 Å². The molecule has 6 heteroatoms. The van der Waals surface area contributed by atoms with Gasteiger partial charge in [0.25, 0.3) is 5.69 Å². The van der Waals surface area contributed by atoms with Crippen molar-refractivity contribution in [3.63, 3.8) is 0 Å². The minimum atomic E-state index is -0.434. The molecular weight excluding hydrogens is 320 g/mol. The van der Waals surface area contributed by atoms with E-state index in [0.717, 1.165) is 17.5 Å². The van der Waals surface area contributed by atoms with Crippen LogP contribution in [0.15, 0.2) is 42.5 Å². The van der Waals surface area contributed by atoms with Crippen LogP contribution < -0.4 is 0 Å². The first kappa shape index (κ1) is 17.1. The van der Waals surface area contributed by atoms with Gasteiger partial charge in [-0.15, -0.1) is 0 Å². The van der Waals surface area contributed by atoms with Crippen LogP contribution in [-0.4, -0.2) is 34.0 Å². The topological polar surface area (TPSA) is 83.7 Å². The summed E-state index contributed by atoms with van der Waals surface area (Å²) in [5.74, 6) is -0.128. The molecule has 1 heterocycles. The summed E-state index contributed by atoms with van der Waals surface area (Å²) in [6.07, 6.45) is 0.832. The van der Waals surface area contributed by atoms with Crippen molar-refractivity contribution in [1.82, 2.24) is 4.90 Å². The Balaban J connectivity index is 1.85. The lowest BCUT2D eigenvalue weighted by molar-refractivity contribution is -0.385. The second-order valence-electron chi connectivity index (χ2n) is 6.23. The van der Waals surface area contributed by atoms with Crippen molar-refractivity contribution >= 4 is 11.6 Å². The van der Waals surface area contributed by atoms with Crippen LogP contribution >= 0.6 is 0 Å². The van der Waals surface area contributed by atoms with Gasteiger partial charge in [0.05, 0.1) is 24.0 Å². The molecular formula is C19H20N2O4. The van der Waals surface area contributed by atoms with E-state index in [1.54, 1.807) is 24.0 Å². The molecule has 2 aromatic rings. The number of hydrogen-bond acceptors (Lipinski definition) is 4. The minimum absolute atomic E-state index is 0.0213. The molecule has 2 aromatic carbocycles. The number of nitrogens with zero attached hydrogens (tertiary/aromatic N) is 2. The molecule has 0 spiro atoms. The van der Waals surface area contributed by atoms with E-state index in [1.165, 1.54) is 6.07 Å². The number of nitro benzene ring substituents is 1. The van der Waals surface area contributed by atoms with E-state index in [0.29, 0.717) is 17.7 Å². The maximum atomic E-state index is 12.8. The maximum Gasteiger partial charge on any atom is 0.272 e. The molecule has 1 atom stereocenters. The van der Waals surface area contributed by atoms with Gasteiger partial charge in [0.15, 0.2) is 0 Å². The van der Waals surface area contributed by atoms with E-state index in [-0.39, 0.29) is 30.7 Å². The number of carbonyl (C=O) groups is 1. The van der Waals surface area contributed by atoms with Gasteiger partial charge in [-0.1, -0.05) is 36.4 Å². The summed E-state index contributed by atoms with van der Waals surface area (Å²) >= 11 is 0. The molecule has 0 saturated carbocycles. The number of carbonyl (C=O) groups excluding carboxylic acids is 1. The van der Waals surface area contributed by atoms with Crippen LogP contribution in [0, 0.1) is 17.0 Å². The van der Waals surface area contributed by atoms with Gasteiger partial charge in [-0.25, -0.2) is 0 Å². The number of fused-ring (bicyclic) bond motifs is 1. The SMILES string of the molecule is Cc1c(CC(=O)N2CCc3ccccc3[C@H]2CO)cccc1[N+](=O)[O-]. The van der Waals surface area contributed by atoms with Gasteiger partial charge in [0.1, 0.15) is 0 Å². The molecule has 1 amide bonds. The Hall–Kier alpha value is -2.73. The number of benzene rings is 2. The smallest absolute Gasteiger partial charge is 0.272 e. The first-order valence-corrected chi connectivity index (χ1v) is 8.24. The molecule has 130 valence electrons. The third kappa shape index (κ3) is 3.25. The summed E-state index contributed by atoms with van der Waals surface area (Å²) in [5, 5.41) is 20.9. The first-order valence-electron chi connectivity index (χ1n) is 8.24. The van der Waals surface area contributed by atoms with Crippen LogP contribution in [0.3, 0.4) is 0 Å². The molecule has 0 fully saturated rings. The fourth-order valence-electron chi connectivity index (χ4n) is 3.47. The normalized spacial score (nSPS) is 16.4. The molecule has 25 heavy (non-hydrogen) atoms. The van der Waals surface area contributed by atoms with Crippen LogP contribution in [-0.2, 0) is 17.6 Å². The molecule has 1 aliphatic heterocycles. The standard InChI is InChI=1S/C19H20N2O4/c1-13-15(6-4-8-17(13)21(24)25)11-19(23)20-10-9-14-5-2-3-7-16(14)18(20)12-22/h2-8,18,22H,9-12H2,1H3/t18-/m1/s1. The van der Waals surface area contributed by atoms with E-state index in [9.17, 15) is 20.0 Å². The van der Waals surface area contributed by atoms with Crippen molar-refractivity contribution in [3.05, 3.63) is 74.8 Å². The highest BCUT2D eigenvalue weighted by Crippen LogP contribution is 2.30. The van der Waals surface area contributed by atoms with Crippen molar-refractivity contribution in [2.24, 2.45) is 0 Å². The fourth-order valence-corrected chi connectivity index (χ4v) is 3.47. The molecule has 0 aromatic heterocycles. The zero-order chi connectivity index (χ0) is 18.0. The summed E-state index contributed by atoms with van der Waals surface area (Å²) in [6.45, 7) is 2.06. The van der Waals surface area contributed by atoms with Crippen LogP contribution in [0.5, 0.6) is 0 Å². The van der Waals surface area contributed by atoms with Gasteiger partial charge in [-0.2, -0.15) is 0 Å². The summed E-state index contributed by atoms with van der Waals surface area (Å²) < 4.78 is 0. The Labute approximate surface area is 145 Å². The van der Waals surface area contributed by atoms with Gasteiger partial charge in [0, 0.05) is 18.2 Å². The lowest BCUT2D eigenvalue weighted by Gasteiger charge is -2.36. The molecule has 0 saturated heterocycles. The molecule has 6 nitrogen and oxygen atoms in total. The fraction of sp³-hybridized carbons (Fsp3) is 0.316. The lowest BCUT2D eigenvalue weighted by atomic mass is 9.92. The second kappa shape index (κ2) is 7.03. The molecule has 3 rings (SSSR count). The summed E-state index contributed by atoms with van der Waals surface area (Å²) in [4.78, 5) is 25.1. The van der Waals surface area contributed by atoms with E-state index in [2.05, 4.69) is 0 Å². The summed E-state index contributed by atoms with van der Waals surface area (Å²) in [5.41, 5.74) is 3.30. The number of amides is 1. The van der Waals surface area contributed by atoms with Crippen LogP contribution in [0.25, 0.3) is 0 Å². The third-order valence-electron chi connectivity index (χ3n) is 4.86. The van der Waals surface area contributed by atoms with Crippen molar-refractivity contribution < 1.29 is 14.8 Å². The van der Waals surface area contributed by atoms with Crippen molar-refractivity contribution in [2.45, 2.75) is 25.8 Å². The monoisotopic (exact) mass is 340 g/mol. The van der Waals surface area contributed by atoms with Gasteiger partial charge < -0.3 is 10.0 Å². The van der Waals surface area contributed by atoms with Crippen LogP contribution in [0.1, 0.15) is 28.3 Å². The molecule has 0 radical (unpaired) electrons. The van der Waals surface area contributed by atoms with Crippen molar-refractivity contribution in [3.8, 4) is 0 Å². The Morgan fingerprint density at radius 1 is 1.28 bits per heavy atom. The molecule has 1 aliphatic rings. The Bertz CT molecular complexity index is 819. The van der Waals surface area contributed by atoms with E-state index in [1.807, 2.05) is 24.3 Å². The first-order chi connectivity index (χ1) is 12.0. The van der Waals surface area contributed by atoms with E-state index in [4.69, 9.17) is 0 Å². The highest BCUT2D eigenvalue weighted by molar-refractivity contribution is 5.80. The van der Waals surface area contributed by atoms with Crippen LogP contribution in [0.2, 0.25) is 0 Å². The predicted molar refractivity (Wildman–Crippen MR) is 93.2 cm³/mol. The van der Waals surface area contributed by atoms with Gasteiger partial charge in [-0.05, 0) is 30.0 Å². The minimum Gasteiger partial charge on any atom is -0.394 e. The molecule has 0 unspecified atom stereocenters. The Kier molecular flexibility index (Phi) is 4.81. The highest BCUT2D eigenvalue weighted by Gasteiger charge is 2.30. The number of aliphatic hydroxyl groups is 1. The van der Waals surface area contributed by atoms with E-state index < -0.39 is 4.92 Å². The number of aliphatic hydroxyl groups excluding tert-OH is 1. The van der Waals surface area contributed by atoms with Crippen molar-refractivity contribution in [2.75, 3.05) is 13.2 Å². The third-order valence-corrected chi connectivity index (χ3v) is 4.86. The van der Waals surface area contributed by atoms with Gasteiger partial charge in [-0.3, -0.25) is 14.9 Å². The Morgan fingerprint density at radius 3 is 2.76 bits per heavy atom. The van der Waals surface area contributed by atoms with Gasteiger partial charge in [0.2, 0.25) is 5.91 Å². The lowest BCUT2D eigenvalue weighted by Crippen LogP contribution is -2.42. The second-order valence-corrected chi connectivity index (χ2v) is 6.23. The Morgan fingerprint density at radius 2 is 2.04 bits per heavy atom. The summed E-state index contributed by atoms with van der Waals surface area (Å²) in [6, 6.07) is 12.2. The number of nitro groups is 1. The average Bonchev–Trinajstić information content (AvgIpc) is 2.62. The number of hydrogen-bond donors (Lipinski definition) is 1. The van der Waals surface area contributed by atoms with E-state index >= 15 is 0 Å². The zero-order valence-electron chi connectivity index (χ0n) is 14.0. The predicted octanol–water partition coefficient (Wildman–Crippen LogP) is 2.56.